The minimum atomic E-state index is 0.418. The van der Waals surface area contributed by atoms with E-state index in [1.54, 1.807) is 38.8 Å². The molecule has 3 aromatic rings. The first kappa shape index (κ1) is 24.3. The van der Waals surface area contributed by atoms with Crippen LogP contribution in [0.1, 0.15) is 11.1 Å². The molecular weight excluding hydrogens is 428 g/mol. The molecule has 0 unspecified atom stereocenters. The minimum Gasteiger partial charge on any atom is -0.493 e. The average Bonchev–Trinajstić information content (AvgIpc) is 2.89. The van der Waals surface area contributed by atoms with Gasteiger partial charge >= 0.3 is 0 Å². The lowest BCUT2D eigenvalue weighted by Crippen LogP contribution is -1.97. The molecule has 0 spiro atoms. The van der Waals surface area contributed by atoms with Crippen molar-refractivity contribution in [3.05, 3.63) is 97.1 Å². The summed E-state index contributed by atoms with van der Waals surface area (Å²) in [5, 5.41) is 0. The molecule has 0 radical (unpaired) electrons. The van der Waals surface area contributed by atoms with Gasteiger partial charge in [0.1, 0.15) is 13.2 Å². The summed E-state index contributed by atoms with van der Waals surface area (Å²) in [6.07, 6.45) is 6.94. The quantitative estimate of drug-likeness (QED) is 0.236. The highest BCUT2D eigenvalue weighted by atomic mass is 16.5. The van der Waals surface area contributed by atoms with Crippen molar-refractivity contribution in [3.63, 3.8) is 0 Å². The van der Waals surface area contributed by atoms with Crippen LogP contribution in [0.3, 0.4) is 0 Å². The van der Waals surface area contributed by atoms with Crippen LogP contribution in [0.2, 0.25) is 0 Å². The van der Waals surface area contributed by atoms with Crippen LogP contribution in [-0.2, 0) is 0 Å². The third-order valence-electron chi connectivity index (χ3n) is 4.66. The predicted molar refractivity (Wildman–Crippen MR) is 138 cm³/mol. The maximum atomic E-state index is 5.58. The lowest BCUT2D eigenvalue weighted by Gasteiger charge is -2.09. The lowest BCUT2D eigenvalue weighted by atomic mass is 10.2. The highest BCUT2D eigenvalue weighted by Gasteiger charge is 2.05. The molecule has 0 saturated heterocycles. The fourth-order valence-corrected chi connectivity index (χ4v) is 2.99. The van der Waals surface area contributed by atoms with Crippen molar-refractivity contribution < 1.29 is 18.9 Å². The number of aliphatic imine (C=N–C) groups is 2. The van der Waals surface area contributed by atoms with Crippen LogP contribution in [0.25, 0.3) is 0 Å². The number of nitrogens with zero attached hydrogens (tertiary/aromatic N) is 2. The lowest BCUT2D eigenvalue weighted by molar-refractivity contribution is 0.326. The molecule has 0 N–H and O–H groups in total. The van der Waals surface area contributed by atoms with Gasteiger partial charge in [-0.15, -0.1) is 0 Å². The first-order chi connectivity index (χ1) is 16.7. The van der Waals surface area contributed by atoms with Gasteiger partial charge in [-0.05, 0) is 71.8 Å². The van der Waals surface area contributed by atoms with Crippen molar-refractivity contribution in [2.75, 3.05) is 27.4 Å². The molecule has 0 fully saturated rings. The molecule has 0 saturated carbocycles. The zero-order valence-corrected chi connectivity index (χ0v) is 19.4. The molecule has 0 heterocycles. The smallest absolute Gasteiger partial charge is 0.161 e. The number of ether oxygens (including phenoxy) is 4. The SMILES string of the molecule is C=CCOc1ccc(C=Nc2ccc(N=Cc3ccc(OCC=C)c(OC)c3)cc2)cc1OC. The number of hydrogen-bond donors (Lipinski definition) is 0. The van der Waals surface area contributed by atoms with Gasteiger partial charge in [-0.3, -0.25) is 9.98 Å². The third-order valence-corrected chi connectivity index (χ3v) is 4.66. The molecule has 6 heteroatoms. The highest BCUT2D eigenvalue weighted by molar-refractivity contribution is 5.84. The summed E-state index contributed by atoms with van der Waals surface area (Å²) in [4.78, 5) is 9.07. The Kier molecular flexibility index (Phi) is 9.05. The molecular formula is C28H28N2O4. The van der Waals surface area contributed by atoms with E-state index in [9.17, 15) is 0 Å². The Morgan fingerprint density at radius 3 is 1.38 bits per heavy atom. The van der Waals surface area contributed by atoms with Crippen LogP contribution in [0, 0.1) is 0 Å². The van der Waals surface area contributed by atoms with Gasteiger partial charge in [-0.1, -0.05) is 25.3 Å². The van der Waals surface area contributed by atoms with Crippen molar-refractivity contribution in [3.8, 4) is 23.0 Å². The largest absolute Gasteiger partial charge is 0.493 e. The third kappa shape index (κ3) is 6.84. The van der Waals surface area contributed by atoms with Gasteiger partial charge in [0, 0.05) is 12.4 Å². The summed E-state index contributed by atoms with van der Waals surface area (Å²) in [6.45, 7) is 8.15. The van der Waals surface area contributed by atoms with Gasteiger partial charge < -0.3 is 18.9 Å². The molecule has 0 amide bonds. The molecule has 0 aromatic heterocycles. The van der Waals surface area contributed by atoms with Crippen LogP contribution in [-0.4, -0.2) is 39.9 Å². The Balaban J connectivity index is 1.66. The Labute approximate surface area is 200 Å². The number of methoxy groups -OCH3 is 2. The van der Waals surface area contributed by atoms with Crippen molar-refractivity contribution in [2.45, 2.75) is 0 Å². The van der Waals surface area contributed by atoms with Gasteiger partial charge in [0.15, 0.2) is 23.0 Å². The topological polar surface area (TPSA) is 61.6 Å². The Hall–Kier alpha value is -4.32. The fourth-order valence-electron chi connectivity index (χ4n) is 2.99. The number of hydrogen-bond acceptors (Lipinski definition) is 6. The van der Waals surface area contributed by atoms with E-state index in [0.717, 1.165) is 22.5 Å². The van der Waals surface area contributed by atoms with Gasteiger partial charge in [0.25, 0.3) is 0 Å². The highest BCUT2D eigenvalue weighted by Crippen LogP contribution is 2.29. The molecule has 174 valence electrons. The molecule has 0 aliphatic rings. The van der Waals surface area contributed by atoms with E-state index in [4.69, 9.17) is 18.9 Å². The molecule has 3 rings (SSSR count). The predicted octanol–water partition coefficient (Wildman–Crippen LogP) is 6.33. The monoisotopic (exact) mass is 456 g/mol. The maximum Gasteiger partial charge on any atom is 0.161 e. The second-order valence-corrected chi connectivity index (χ2v) is 7.05. The zero-order valence-electron chi connectivity index (χ0n) is 19.4. The molecule has 3 aromatic carbocycles. The van der Waals surface area contributed by atoms with Crippen LogP contribution >= 0.6 is 0 Å². The summed E-state index contributed by atoms with van der Waals surface area (Å²) in [5.41, 5.74) is 3.43. The van der Waals surface area contributed by atoms with Crippen molar-refractivity contribution >= 4 is 23.8 Å². The summed E-state index contributed by atoms with van der Waals surface area (Å²) >= 11 is 0. The Morgan fingerprint density at radius 1 is 0.618 bits per heavy atom. The molecule has 0 atom stereocenters. The molecule has 34 heavy (non-hydrogen) atoms. The molecule has 0 aliphatic heterocycles. The standard InChI is InChI=1S/C28H28N2O4/c1-5-15-33-25-13-7-21(17-27(25)31-3)19-29-23-9-11-24(12-10-23)30-20-22-8-14-26(34-16-6-2)28(18-22)32-4/h5-14,17-20H,1-2,15-16H2,3-4H3. The van der Waals surface area contributed by atoms with E-state index in [0.29, 0.717) is 36.2 Å². The van der Waals surface area contributed by atoms with E-state index in [1.165, 1.54) is 0 Å². The fraction of sp³-hybridized carbons (Fsp3) is 0.143. The first-order valence-electron chi connectivity index (χ1n) is 10.7. The normalized spacial score (nSPS) is 10.9. The van der Waals surface area contributed by atoms with Crippen LogP contribution in [0.15, 0.2) is 96.0 Å². The summed E-state index contributed by atoms with van der Waals surface area (Å²) in [5.74, 6) is 2.62. The summed E-state index contributed by atoms with van der Waals surface area (Å²) < 4.78 is 22.0. The second-order valence-electron chi connectivity index (χ2n) is 7.05. The van der Waals surface area contributed by atoms with Crippen molar-refractivity contribution in [1.82, 2.24) is 0 Å². The van der Waals surface area contributed by atoms with Crippen molar-refractivity contribution in [2.24, 2.45) is 9.98 Å². The van der Waals surface area contributed by atoms with Crippen LogP contribution < -0.4 is 18.9 Å². The number of benzene rings is 3. The average molecular weight is 457 g/mol. The van der Waals surface area contributed by atoms with Crippen LogP contribution in [0.4, 0.5) is 11.4 Å². The van der Waals surface area contributed by atoms with E-state index in [2.05, 4.69) is 23.1 Å². The summed E-state index contributed by atoms with van der Waals surface area (Å²) in [6, 6.07) is 19.0. The summed E-state index contributed by atoms with van der Waals surface area (Å²) in [7, 11) is 3.22. The first-order valence-corrected chi connectivity index (χ1v) is 10.7. The Morgan fingerprint density at radius 2 is 1.03 bits per heavy atom. The van der Waals surface area contributed by atoms with Gasteiger partial charge in [-0.2, -0.15) is 0 Å². The Bertz CT molecular complexity index is 1080. The van der Waals surface area contributed by atoms with E-state index < -0.39 is 0 Å². The molecule has 6 nitrogen and oxygen atoms in total. The minimum absolute atomic E-state index is 0.418. The van der Waals surface area contributed by atoms with E-state index in [-0.39, 0.29) is 0 Å². The number of rotatable bonds is 12. The zero-order chi connectivity index (χ0) is 24.2. The van der Waals surface area contributed by atoms with Crippen LogP contribution in [0.5, 0.6) is 23.0 Å². The van der Waals surface area contributed by atoms with Gasteiger partial charge in [0.2, 0.25) is 0 Å². The van der Waals surface area contributed by atoms with Gasteiger partial charge in [-0.25, -0.2) is 0 Å². The molecule has 0 bridgehead atoms. The molecule has 0 aliphatic carbocycles. The van der Waals surface area contributed by atoms with E-state index in [1.807, 2.05) is 60.7 Å². The second kappa shape index (κ2) is 12.6. The van der Waals surface area contributed by atoms with E-state index >= 15 is 0 Å². The van der Waals surface area contributed by atoms with Gasteiger partial charge in [0.05, 0.1) is 25.6 Å². The van der Waals surface area contributed by atoms with Crippen molar-refractivity contribution in [1.29, 1.82) is 0 Å². The maximum absolute atomic E-state index is 5.58.